The van der Waals surface area contributed by atoms with Crippen LogP contribution in [0.4, 0.5) is 5.69 Å². The number of aromatic nitrogens is 4. The number of anilines is 1. The van der Waals surface area contributed by atoms with Crippen LogP contribution in [0.25, 0.3) is 33.2 Å². The largest absolute Gasteiger partial charge is 0.497 e. The van der Waals surface area contributed by atoms with Gasteiger partial charge in [-0.25, -0.2) is 9.36 Å². The van der Waals surface area contributed by atoms with Crippen molar-refractivity contribution >= 4 is 52.6 Å². The molecule has 4 heterocycles. The Balaban J connectivity index is 1.08. The number of methoxy groups -OCH3 is 1. The minimum atomic E-state index is -2.67. The Morgan fingerprint density at radius 1 is 0.761 bits per heavy atom. The van der Waals surface area contributed by atoms with E-state index in [1.54, 1.807) is 29.0 Å². The van der Waals surface area contributed by atoms with E-state index < -0.39 is 25.7 Å². The van der Waals surface area contributed by atoms with Gasteiger partial charge in [0.1, 0.15) is 5.75 Å². The molecular formula is C53H52N6O7Si. The smallest absolute Gasteiger partial charge is 0.279 e. The van der Waals surface area contributed by atoms with Crippen molar-refractivity contribution in [1.82, 2.24) is 24.5 Å². The average Bonchev–Trinajstić information content (AvgIpc) is 4.04. The molecule has 8 aromatic rings. The highest BCUT2D eigenvalue weighted by Crippen LogP contribution is 2.60. The Kier molecular flexibility index (Phi) is 11.2. The van der Waals surface area contributed by atoms with Gasteiger partial charge >= 0.3 is 0 Å². The first-order valence-corrected chi connectivity index (χ1v) is 25.7. The van der Waals surface area contributed by atoms with Gasteiger partial charge < -0.3 is 24.4 Å². The topological polar surface area (TPSA) is 155 Å². The summed E-state index contributed by atoms with van der Waals surface area (Å²) in [7, 11) is -1.04. The number of ether oxygens (including phenoxy) is 2. The molecule has 2 amide bonds. The van der Waals surface area contributed by atoms with Crippen LogP contribution in [0, 0.1) is 5.92 Å². The zero-order valence-corrected chi connectivity index (χ0v) is 38.8. The first-order chi connectivity index (χ1) is 32.4. The number of carbonyl (C=O) groups is 2. The molecule has 0 saturated carbocycles. The number of aliphatic hydroxyl groups excluding tert-OH is 1. The molecule has 6 aromatic carbocycles. The molecule has 67 heavy (non-hydrogen) atoms. The van der Waals surface area contributed by atoms with Gasteiger partial charge in [0.05, 0.1) is 79.7 Å². The molecule has 0 bridgehead atoms. The number of hydrogen-bond donors (Lipinski definition) is 3. The molecule has 340 valence electrons. The summed E-state index contributed by atoms with van der Waals surface area (Å²) in [5, 5.41) is 18.9. The van der Waals surface area contributed by atoms with E-state index in [-0.39, 0.29) is 54.6 Å². The number of hydrogen-bond acceptors (Lipinski definition) is 7. The minimum absolute atomic E-state index is 0.0193. The molecule has 13 nitrogen and oxygen atoms in total. The Hall–Kier alpha value is -7.26. The summed E-state index contributed by atoms with van der Waals surface area (Å²) >= 11 is 0. The van der Waals surface area contributed by atoms with E-state index in [9.17, 15) is 19.5 Å². The number of para-hydroxylation sites is 2. The quantitative estimate of drug-likeness (QED) is 0.104. The molecule has 10 rings (SSSR count). The lowest BCUT2D eigenvalue weighted by Crippen LogP contribution is -2.52. The van der Waals surface area contributed by atoms with Crippen molar-refractivity contribution in [2.45, 2.75) is 56.8 Å². The number of aromatic amines is 2. The number of rotatable bonds is 13. The van der Waals surface area contributed by atoms with E-state index in [2.05, 4.69) is 42.3 Å². The van der Waals surface area contributed by atoms with Crippen molar-refractivity contribution < 1.29 is 24.2 Å². The highest BCUT2D eigenvalue weighted by Gasteiger charge is 2.66. The van der Waals surface area contributed by atoms with Gasteiger partial charge in [0.2, 0.25) is 5.91 Å². The van der Waals surface area contributed by atoms with Crippen LogP contribution in [0.2, 0.25) is 18.6 Å². The Labute approximate surface area is 387 Å². The van der Waals surface area contributed by atoms with Crippen LogP contribution in [-0.4, -0.2) is 75.8 Å². The summed E-state index contributed by atoms with van der Waals surface area (Å²) in [6.07, 6.45) is -0.720. The fourth-order valence-electron chi connectivity index (χ4n) is 10.7. The number of benzene rings is 6. The standard InChI is InChI=1S/C53H52N6O7Si/c1-34-49(67(3,4)40-25-23-39(65-2)24-26-40)47(31-48(61)56(28-29-60)32-35-12-6-5-7-13-35)66-53(34)43-30-38(59-51(63)42-15-9-11-17-45(42)55-59)22-27-46(43)57(52(53)64)33-36-18-20-37(21-19-36)58-50(62)41-14-8-10-16-44(41)54-58/h5-27,30,34,47,49,54-55,60H,28-29,31-33H2,1-4H3/t34-,47+,49-,53+/m1/s1. The third-order valence-corrected chi connectivity index (χ3v) is 18.5. The maximum atomic E-state index is 15.8. The lowest BCUT2D eigenvalue weighted by molar-refractivity contribution is -0.150. The van der Waals surface area contributed by atoms with Gasteiger partial charge in [-0.2, -0.15) is 0 Å². The maximum Gasteiger partial charge on any atom is 0.279 e. The van der Waals surface area contributed by atoms with E-state index in [1.807, 2.05) is 121 Å². The van der Waals surface area contributed by atoms with Crippen molar-refractivity contribution in [3.05, 3.63) is 183 Å². The lowest BCUT2D eigenvalue weighted by Gasteiger charge is -2.37. The van der Waals surface area contributed by atoms with Crippen LogP contribution < -0.4 is 25.9 Å². The molecule has 1 fully saturated rings. The summed E-state index contributed by atoms with van der Waals surface area (Å²) in [5.41, 5.74) is 3.42. The number of carbonyl (C=O) groups excluding carboxylic acids is 2. The van der Waals surface area contributed by atoms with E-state index >= 15 is 4.79 Å². The summed E-state index contributed by atoms with van der Waals surface area (Å²) in [5.74, 6) is -0.170. The van der Waals surface area contributed by atoms with E-state index in [4.69, 9.17) is 9.47 Å². The van der Waals surface area contributed by atoms with Gasteiger partial charge in [0, 0.05) is 24.6 Å². The van der Waals surface area contributed by atoms with Gasteiger partial charge in [-0.15, -0.1) is 0 Å². The zero-order chi connectivity index (χ0) is 46.6. The van der Waals surface area contributed by atoms with Gasteiger partial charge in [-0.05, 0) is 83.4 Å². The second-order valence-corrected chi connectivity index (χ2v) is 22.9. The van der Waals surface area contributed by atoms with Crippen molar-refractivity contribution in [3.63, 3.8) is 0 Å². The molecule has 2 aliphatic heterocycles. The zero-order valence-electron chi connectivity index (χ0n) is 37.8. The fraction of sp³-hybridized carbons (Fsp3) is 0.245. The first kappa shape index (κ1) is 43.6. The van der Waals surface area contributed by atoms with E-state index in [0.717, 1.165) is 27.6 Å². The molecule has 3 N–H and O–H groups in total. The SMILES string of the molecule is COc1ccc([Si](C)(C)[C@H]2[C@H](CC(=O)N(CCO)Cc3ccccc3)O[C@@]3(C(=O)N(Cc4ccc(-n5[nH]c6ccccc6c5=O)cc4)c4ccc(-n5[nH]c6ccccc6c5=O)cc43)[C@@H]2C)cc1. The normalized spacial score (nSPS) is 19.1. The van der Waals surface area contributed by atoms with E-state index in [0.29, 0.717) is 45.5 Å². The summed E-state index contributed by atoms with van der Waals surface area (Å²) in [6, 6.07) is 45.6. The molecule has 2 aromatic heterocycles. The molecule has 1 spiro atoms. The first-order valence-electron chi connectivity index (χ1n) is 22.6. The molecular weight excluding hydrogens is 861 g/mol. The highest BCUT2D eigenvalue weighted by molar-refractivity contribution is 6.91. The van der Waals surface area contributed by atoms with Gasteiger partial charge in [0.15, 0.2) is 5.60 Å². The van der Waals surface area contributed by atoms with Crippen molar-refractivity contribution in [2.75, 3.05) is 25.2 Å². The van der Waals surface area contributed by atoms with Gasteiger partial charge in [-0.1, -0.05) is 104 Å². The number of aliphatic hydroxyl groups is 1. The predicted molar refractivity (Wildman–Crippen MR) is 262 cm³/mol. The number of nitrogens with zero attached hydrogens (tertiary/aromatic N) is 4. The molecule has 1 saturated heterocycles. The molecule has 4 atom stereocenters. The van der Waals surface area contributed by atoms with Crippen LogP contribution in [0.3, 0.4) is 0 Å². The van der Waals surface area contributed by atoms with Crippen LogP contribution >= 0.6 is 0 Å². The highest BCUT2D eigenvalue weighted by atomic mass is 28.3. The second-order valence-electron chi connectivity index (χ2n) is 18.2. The Morgan fingerprint density at radius 2 is 1.36 bits per heavy atom. The average molecular weight is 913 g/mol. The van der Waals surface area contributed by atoms with Crippen LogP contribution in [-0.2, 0) is 33.0 Å². The molecule has 2 aliphatic rings. The molecule has 0 radical (unpaired) electrons. The number of amides is 2. The van der Waals surface area contributed by atoms with Crippen LogP contribution in [0.1, 0.15) is 30.0 Å². The van der Waals surface area contributed by atoms with Crippen molar-refractivity contribution in [2.24, 2.45) is 5.92 Å². The van der Waals surface area contributed by atoms with Crippen molar-refractivity contribution in [1.29, 1.82) is 0 Å². The minimum Gasteiger partial charge on any atom is -0.497 e. The van der Waals surface area contributed by atoms with Gasteiger partial charge in [0.25, 0.3) is 17.0 Å². The second kappa shape index (κ2) is 17.2. The van der Waals surface area contributed by atoms with Crippen LogP contribution in [0.5, 0.6) is 5.75 Å². The third-order valence-electron chi connectivity index (χ3n) is 14.1. The maximum absolute atomic E-state index is 15.8. The third kappa shape index (κ3) is 7.41. The number of nitrogens with one attached hydrogen (secondary N) is 2. The molecule has 0 aliphatic carbocycles. The monoisotopic (exact) mass is 912 g/mol. The van der Waals surface area contributed by atoms with Crippen molar-refractivity contribution in [3.8, 4) is 17.1 Å². The van der Waals surface area contributed by atoms with Gasteiger partial charge in [-0.3, -0.25) is 29.4 Å². The Bertz CT molecular complexity index is 3270. The molecule has 0 unspecified atom stereocenters. The summed E-state index contributed by atoms with van der Waals surface area (Å²) in [4.78, 5) is 61.2. The lowest BCUT2D eigenvalue weighted by atomic mass is 9.82. The van der Waals surface area contributed by atoms with Crippen LogP contribution in [0.15, 0.2) is 155 Å². The number of fused-ring (bicyclic) bond motifs is 4. The van der Waals surface area contributed by atoms with E-state index in [1.165, 1.54) is 9.36 Å². The Morgan fingerprint density at radius 3 is 1.97 bits per heavy atom. The summed E-state index contributed by atoms with van der Waals surface area (Å²) < 4.78 is 16.0. The fourth-order valence-corrected chi connectivity index (χ4v) is 14.7. The molecule has 14 heteroatoms. The predicted octanol–water partition coefficient (Wildman–Crippen LogP) is 7.13. The summed E-state index contributed by atoms with van der Waals surface area (Å²) in [6.45, 7) is 7.03. The number of H-pyrrole nitrogens is 2.